The lowest BCUT2D eigenvalue weighted by Gasteiger charge is -2.04. The zero-order valence-electron chi connectivity index (χ0n) is 23.9. The summed E-state index contributed by atoms with van der Waals surface area (Å²) in [5.41, 5.74) is 2.89. The van der Waals surface area contributed by atoms with E-state index in [1.54, 1.807) is 79.9 Å². The lowest BCUT2D eigenvalue weighted by atomic mass is 10.1. The van der Waals surface area contributed by atoms with Gasteiger partial charge < -0.3 is 18.3 Å². The molecule has 5 aromatic rings. The molecule has 4 heterocycles. The molecule has 0 spiro atoms. The number of thiophene rings is 2. The number of ether oxygens (including phenoxy) is 2. The van der Waals surface area contributed by atoms with Gasteiger partial charge in [0.1, 0.15) is 0 Å². The van der Waals surface area contributed by atoms with Crippen LogP contribution < -0.4 is 0 Å². The summed E-state index contributed by atoms with van der Waals surface area (Å²) < 4.78 is 20.1. The largest absolute Gasteiger partial charge is 0.466 e. The van der Waals surface area contributed by atoms with Crippen LogP contribution in [-0.2, 0) is 31.9 Å². The van der Waals surface area contributed by atoms with E-state index in [1.165, 1.54) is 35.2 Å². The maximum absolute atomic E-state index is 12.6. The Morgan fingerprint density at radius 1 is 0.795 bits per heavy atom. The van der Waals surface area contributed by atoms with Crippen LogP contribution in [0, 0.1) is 11.3 Å². The summed E-state index contributed by atoms with van der Waals surface area (Å²) in [6, 6.07) is 19.1. The SMILES string of the molecule is CCOC(=O)Cc1cc(C(=O)c2ccco2)sc1-c1ccc(C#N)cc1.CCOC(=O)Cc1csc(C(=O)c2ccco2)c1. The molecule has 0 atom stereocenters. The molecule has 44 heavy (non-hydrogen) atoms. The van der Waals surface area contributed by atoms with Crippen molar-refractivity contribution in [1.82, 2.24) is 0 Å². The van der Waals surface area contributed by atoms with Gasteiger partial charge in [-0.25, -0.2) is 0 Å². The Bertz CT molecular complexity index is 1750. The number of nitrogens with zero attached hydrogens (tertiary/aromatic N) is 1. The first-order valence-corrected chi connectivity index (χ1v) is 15.2. The van der Waals surface area contributed by atoms with Crippen molar-refractivity contribution in [1.29, 1.82) is 5.26 Å². The van der Waals surface area contributed by atoms with E-state index in [-0.39, 0.29) is 42.1 Å². The van der Waals surface area contributed by atoms with E-state index in [2.05, 4.69) is 6.07 Å². The molecule has 224 valence electrons. The van der Waals surface area contributed by atoms with E-state index in [0.717, 1.165) is 16.0 Å². The molecule has 0 N–H and O–H groups in total. The molecule has 1 aromatic carbocycles. The van der Waals surface area contributed by atoms with Crippen LogP contribution in [0.3, 0.4) is 0 Å². The van der Waals surface area contributed by atoms with Gasteiger partial charge in [-0.3, -0.25) is 19.2 Å². The van der Waals surface area contributed by atoms with E-state index >= 15 is 0 Å². The van der Waals surface area contributed by atoms with Crippen LogP contribution in [0.2, 0.25) is 0 Å². The van der Waals surface area contributed by atoms with E-state index < -0.39 is 0 Å². The summed E-state index contributed by atoms with van der Waals surface area (Å²) in [6.45, 7) is 4.17. The molecule has 4 aromatic heterocycles. The monoisotopic (exact) mass is 629 g/mol. The topological polar surface area (TPSA) is 137 Å². The maximum Gasteiger partial charge on any atom is 0.310 e. The number of carbonyl (C=O) groups is 4. The third-order valence-electron chi connectivity index (χ3n) is 5.97. The van der Waals surface area contributed by atoms with Crippen LogP contribution in [0.25, 0.3) is 10.4 Å². The lowest BCUT2D eigenvalue weighted by Crippen LogP contribution is -2.07. The minimum absolute atomic E-state index is 0.0745. The van der Waals surface area contributed by atoms with Crippen molar-refractivity contribution in [3.05, 3.63) is 117 Å². The number of rotatable bonds is 11. The highest BCUT2D eigenvalue weighted by Gasteiger charge is 2.21. The molecule has 11 heteroatoms. The number of esters is 2. The number of carbonyl (C=O) groups excluding carboxylic acids is 4. The Morgan fingerprint density at radius 2 is 1.39 bits per heavy atom. The van der Waals surface area contributed by atoms with Gasteiger partial charge in [-0.2, -0.15) is 5.26 Å². The third-order valence-corrected chi connectivity index (χ3v) is 8.17. The fourth-order valence-corrected chi connectivity index (χ4v) is 5.99. The van der Waals surface area contributed by atoms with Crippen molar-refractivity contribution >= 4 is 46.2 Å². The molecule has 0 aliphatic carbocycles. The number of hydrogen-bond acceptors (Lipinski definition) is 11. The molecule has 0 bridgehead atoms. The fraction of sp³-hybridized carbons (Fsp3) is 0.182. The summed E-state index contributed by atoms with van der Waals surface area (Å²) in [6.07, 6.45) is 3.17. The van der Waals surface area contributed by atoms with Gasteiger partial charge >= 0.3 is 11.9 Å². The van der Waals surface area contributed by atoms with Gasteiger partial charge in [0.25, 0.3) is 0 Å². The van der Waals surface area contributed by atoms with Gasteiger partial charge in [0.2, 0.25) is 11.6 Å². The first kappa shape index (κ1) is 31.9. The number of benzene rings is 1. The highest BCUT2D eigenvalue weighted by Crippen LogP contribution is 2.35. The number of hydrogen-bond donors (Lipinski definition) is 0. The quantitative estimate of drug-likeness (QED) is 0.113. The van der Waals surface area contributed by atoms with E-state index in [1.807, 2.05) is 0 Å². The second kappa shape index (κ2) is 15.4. The Hall–Kier alpha value is -5.05. The van der Waals surface area contributed by atoms with Crippen molar-refractivity contribution in [2.45, 2.75) is 26.7 Å². The summed E-state index contributed by atoms with van der Waals surface area (Å²) >= 11 is 2.59. The van der Waals surface area contributed by atoms with Gasteiger partial charge in [-0.1, -0.05) is 12.1 Å². The summed E-state index contributed by atoms with van der Waals surface area (Å²) in [4.78, 5) is 49.6. The van der Waals surface area contributed by atoms with Crippen molar-refractivity contribution in [2.75, 3.05) is 13.2 Å². The molecule has 5 rings (SSSR count). The van der Waals surface area contributed by atoms with Crippen molar-refractivity contribution in [3.8, 4) is 16.5 Å². The van der Waals surface area contributed by atoms with Crippen LogP contribution in [0.15, 0.2) is 87.4 Å². The average Bonchev–Trinajstić information content (AvgIpc) is 3.85. The second-order valence-corrected chi connectivity index (χ2v) is 11.0. The second-order valence-electron chi connectivity index (χ2n) is 9.05. The van der Waals surface area contributed by atoms with Crippen LogP contribution >= 0.6 is 22.7 Å². The molecule has 0 saturated carbocycles. The van der Waals surface area contributed by atoms with Gasteiger partial charge in [0.15, 0.2) is 11.5 Å². The molecule has 0 aliphatic heterocycles. The highest BCUT2D eigenvalue weighted by molar-refractivity contribution is 7.17. The average molecular weight is 630 g/mol. The first-order valence-electron chi connectivity index (χ1n) is 13.5. The van der Waals surface area contributed by atoms with E-state index in [0.29, 0.717) is 39.9 Å². The highest BCUT2D eigenvalue weighted by atomic mass is 32.1. The molecular weight excluding hydrogens is 602 g/mol. The molecule has 0 aliphatic rings. The van der Waals surface area contributed by atoms with Crippen molar-refractivity contribution in [3.63, 3.8) is 0 Å². The minimum Gasteiger partial charge on any atom is -0.466 e. The van der Waals surface area contributed by atoms with Crippen LogP contribution in [0.5, 0.6) is 0 Å². The maximum atomic E-state index is 12.6. The third kappa shape index (κ3) is 8.28. The lowest BCUT2D eigenvalue weighted by molar-refractivity contribution is -0.143. The van der Waals surface area contributed by atoms with Crippen LogP contribution in [-0.4, -0.2) is 36.7 Å². The van der Waals surface area contributed by atoms with Crippen LogP contribution in [0.4, 0.5) is 0 Å². The number of nitriles is 1. The molecule has 0 saturated heterocycles. The Labute approximate surface area is 261 Å². The zero-order chi connectivity index (χ0) is 31.5. The van der Waals surface area contributed by atoms with Gasteiger partial charge in [0, 0.05) is 4.88 Å². The van der Waals surface area contributed by atoms with Gasteiger partial charge in [0.05, 0.1) is 60.0 Å². The number of furan rings is 2. The Kier molecular flexibility index (Phi) is 11.2. The zero-order valence-corrected chi connectivity index (χ0v) is 25.5. The van der Waals surface area contributed by atoms with E-state index in [9.17, 15) is 19.2 Å². The van der Waals surface area contributed by atoms with Crippen LogP contribution in [0.1, 0.15) is 61.4 Å². The summed E-state index contributed by atoms with van der Waals surface area (Å²) in [7, 11) is 0. The molecule has 0 unspecified atom stereocenters. The predicted molar refractivity (Wildman–Crippen MR) is 164 cm³/mol. The van der Waals surface area contributed by atoms with Gasteiger partial charge in [-0.05, 0) is 84.4 Å². The fourth-order valence-electron chi connectivity index (χ4n) is 4.00. The Morgan fingerprint density at radius 3 is 1.93 bits per heavy atom. The molecule has 9 nitrogen and oxygen atoms in total. The van der Waals surface area contributed by atoms with Crippen molar-refractivity contribution in [2.24, 2.45) is 0 Å². The first-order chi connectivity index (χ1) is 21.3. The van der Waals surface area contributed by atoms with Crippen molar-refractivity contribution < 1.29 is 37.5 Å². The smallest absolute Gasteiger partial charge is 0.310 e. The minimum atomic E-state index is -0.350. The molecule has 0 radical (unpaired) electrons. The molecule has 0 amide bonds. The number of ketones is 2. The van der Waals surface area contributed by atoms with Gasteiger partial charge in [-0.15, -0.1) is 22.7 Å². The summed E-state index contributed by atoms with van der Waals surface area (Å²) in [5.74, 6) is -0.477. The standard InChI is InChI=1S/C20H15NO4S.C13H12O4S/c1-2-24-18(22)11-15-10-17(19(23)16-4-3-9-25-16)26-20(15)14-7-5-13(12-21)6-8-14;1-2-16-12(14)7-9-6-11(18-8-9)13(15)10-4-3-5-17-10/h3-10H,2,11H2,1H3;3-6,8H,2,7H2,1H3. The normalized spacial score (nSPS) is 10.3. The molecular formula is C33H27NO8S2. The molecule has 0 fully saturated rings. The predicted octanol–water partition coefficient (Wildman–Crippen LogP) is 6.89. The summed E-state index contributed by atoms with van der Waals surface area (Å²) in [5, 5.41) is 10.7. The van der Waals surface area contributed by atoms with E-state index in [4.69, 9.17) is 23.6 Å². The Balaban J connectivity index is 0.000000215.